The summed E-state index contributed by atoms with van der Waals surface area (Å²) in [6, 6.07) is 6.32. The molecule has 1 aliphatic carbocycles. The fourth-order valence-electron chi connectivity index (χ4n) is 2.33. The molecule has 2 aliphatic rings. The maximum absolute atomic E-state index is 6.18. The molecule has 0 bridgehead atoms. The topological polar surface area (TPSA) is 48.1 Å². The molecular weight excluding hydrogens is 244 g/mol. The van der Waals surface area contributed by atoms with Gasteiger partial charge in [0.05, 0.1) is 17.8 Å². The van der Waals surface area contributed by atoms with Crippen molar-refractivity contribution in [2.24, 2.45) is 5.73 Å². The average Bonchev–Trinajstić information content (AvgIpc) is 2.89. The molecule has 0 unspecified atom stereocenters. The molecule has 92 valence electrons. The lowest BCUT2D eigenvalue weighted by atomic mass is 10.1. The van der Waals surface area contributed by atoms with Gasteiger partial charge in [-0.3, -0.25) is 0 Å². The lowest BCUT2D eigenvalue weighted by Gasteiger charge is -2.03. The first kappa shape index (κ1) is 10.5. The minimum absolute atomic E-state index is 0.122. The summed E-state index contributed by atoms with van der Waals surface area (Å²) in [7, 11) is 0. The van der Waals surface area contributed by atoms with Crippen molar-refractivity contribution in [3.63, 3.8) is 0 Å². The summed E-state index contributed by atoms with van der Waals surface area (Å²) in [4.78, 5) is 4.69. The molecule has 0 amide bonds. The quantitative estimate of drug-likeness (QED) is 0.901. The summed E-state index contributed by atoms with van der Waals surface area (Å²) in [5.74, 6) is 1.02. The van der Waals surface area contributed by atoms with E-state index in [-0.39, 0.29) is 5.54 Å². The monoisotopic (exact) mass is 258 g/mol. The molecule has 1 saturated carbocycles. The smallest absolute Gasteiger partial charge is 0.122 e. The highest BCUT2D eigenvalue weighted by molar-refractivity contribution is 7.10. The summed E-state index contributed by atoms with van der Waals surface area (Å²) in [6.45, 7) is 0.799. The maximum atomic E-state index is 6.18. The van der Waals surface area contributed by atoms with E-state index >= 15 is 0 Å². The molecule has 4 heteroatoms. The Morgan fingerprint density at radius 1 is 1.33 bits per heavy atom. The van der Waals surface area contributed by atoms with E-state index in [9.17, 15) is 0 Å². The van der Waals surface area contributed by atoms with Crippen molar-refractivity contribution < 1.29 is 4.74 Å². The number of fused-ring (bicyclic) bond motifs is 1. The van der Waals surface area contributed by atoms with Crippen molar-refractivity contribution >= 4 is 11.3 Å². The fourth-order valence-corrected chi connectivity index (χ4v) is 3.33. The van der Waals surface area contributed by atoms with E-state index in [1.165, 1.54) is 11.1 Å². The van der Waals surface area contributed by atoms with Gasteiger partial charge in [0.2, 0.25) is 0 Å². The van der Waals surface area contributed by atoms with Crippen LogP contribution in [0, 0.1) is 0 Å². The Hall–Kier alpha value is -1.39. The second-order valence-electron chi connectivity index (χ2n) is 5.12. The largest absolute Gasteiger partial charge is 0.493 e. The molecule has 2 aromatic rings. The zero-order chi connectivity index (χ0) is 12.2. The number of ether oxygens (including phenoxy) is 1. The first-order valence-corrected chi connectivity index (χ1v) is 7.14. The van der Waals surface area contributed by atoms with E-state index in [0.717, 1.165) is 42.3 Å². The number of hydrogen-bond acceptors (Lipinski definition) is 4. The summed E-state index contributed by atoms with van der Waals surface area (Å²) in [5, 5.41) is 3.19. The standard InChI is InChI=1S/C14H14N2OS/c15-14(4-5-14)13-16-11(8-18-13)9-1-2-12-10(7-9)3-6-17-12/h1-2,7-8H,3-6,15H2. The second-order valence-corrected chi connectivity index (χ2v) is 5.97. The van der Waals surface area contributed by atoms with Gasteiger partial charge in [0, 0.05) is 17.4 Å². The lowest BCUT2D eigenvalue weighted by molar-refractivity contribution is 0.357. The van der Waals surface area contributed by atoms with Crippen LogP contribution in [0.5, 0.6) is 5.75 Å². The van der Waals surface area contributed by atoms with Gasteiger partial charge < -0.3 is 10.5 Å². The van der Waals surface area contributed by atoms with Crippen LogP contribution in [0.4, 0.5) is 0 Å². The van der Waals surface area contributed by atoms with E-state index < -0.39 is 0 Å². The van der Waals surface area contributed by atoms with Crippen LogP contribution >= 0.6 is 11.3 Å². The molecule has 3 nitrogen and oxygen atoms in total. The van der Waals surface area contributed by atoms with E-state index in [1.54, 1.807) is 11.3 Å². The van der Waals surface area contributed by atoms with Crippen LogP contribution in [-0.2, 0) is 12.0 Å². The van der Waals surface area contributed by atoms with Crippen molar-refractivity contribution in [1.82, 2.24) is 4.98 Å². The van der Waals surface area contributed by atoms with Crippen LogP contribution in [0.3, 0.4) is 0 Å². The van der Waals surface area contributed by atoms with Crippen molar-refractivity contribution in [2.75, 3.05) is 6.61 Å². The van der Waals surface area contributed by atoms with Crippen LogP contribution in [0.15, 0.2) is 23.6 Å². The Kier molecular flexibility index (Phi) is 2.08. The predicted octanol–water partition coefficient (Wildman–Crippen LogP) is 2.69. The van der Waals surface area contributed by atoms with E-state index in [2.05, 4.69) is 17.5 Å². The molecule has 1 fully saturated rings. The highest BCUT2D eigenvalue weighted by Gasteiger charge is 2.42. The molecule has 0 spiro atoms. The minimum Gasteiger partial charge on any atom is -0.493 e. The maximum Gasteiger partial charge on any atom is 0.122 e. The van der Waals surface area contributed by atoms with Crippen molar-refractivity contribution in [3.8, 4) is 17.0 Å². The molecule has 1 aliphatic heterocycles. The summed E-state index contributed by atoms with van der Waals surface area (Å²) in [6.07, 6.45) is 3.14. The van der Waals surface area contributed by atoms with Gasteiger partial charge in [0.15, 0.2) is 0 Å². The Morgan fingerprint density at radius 3 is 3.06 bits per heavy atom. The Labute approximate surface area is 110 Å². The molecule has 4 rings (SSSR count). The molecule has 1 aromatic heterocycles. The minimum atomic E-state index is -0.122. The summed E-state index contributed by atoms with van der Waals surface area (Å²) < 4.78 is 5.52. The highest BCUT2D eigenvalue weighted by Crippen LogP contribution is 2.44. The molecule has 2 heterocycles. The number of hydrogen-bond donors (Lipinski definition) is 1. The van der Waals surface area contributed by atoms with Crippen molar-refractivity contribution in [1.29, 1.82) is 0 Å². The van der Waals surface area contributed by atoms with Crippen LogP contribution in [-0.4, -0.2) is 11.6 Å². The van der Waals surface area contributed by atoms with E-state index in [1.807, 2.05) is 6.07 Å². The molecule has 0 saturated heterocycles. The molecule has 1 aromatic carbocycles. The van der Waals surface area contributed by atoms with Crippen LogP contribution in [0.2, 0.25) is 0 Å². The zero-order valence-electron chi connectivity index (χ0n) is 9.98. The van der Waals surface area contributed by atoms with Crippen LogP contribution in [0.1, 0.15) is 23.4 Å². The van der Waals surface area contributed by atoms with Gasteiger partial charge in [0.25, 0.3) is 0 Å². The van der Waals surface area contributed by atoms with Gasteiger partial charge in [0.1, 0.15) is 10.8 Å². The number of thiazole rings is 1. The third kappa shape index (κ3) is 1.56. The molecule has 0 radical (unpaired) electrons. The Balaban J connectivity index is 1.72. The van der Waals surface area contributed by atoms with E-state index in [0.29, 0.717) is 0 Å². The number of nitrogens with two attached hydrogens (primary N) is 1. The third-order valence-corrected chi connectivity index (χ3v) is 4.77. The van der Waals surface area contributed by atoms with Gasteiger partial charge in [-0.2, -0.15) is 0 Å². The lowest BCUT2D eigenvalue weighted by Crippen LogP contribution is -2.18. The number of rotatable bonds is 2. The number of nitrogens with zero attached hydrogens (tertiary/aromatic N) is 1. The Morgan fingerprint density at radius 2 is 2.22 bits per heavy atom. The first-order chi connectivity index (χ1) is 8.74. The Bertz CT molecular complexity index is 616. The molecular formula is C14H14N2OS. The molecule has 18 heavy (non-hydrogen) atoms. The SMILES string of the molecule is NC1(c2nc(-c3ccc4c(c3)CCO4)cs2)CC1. The van der Waals surface area contributed by atoms with Gasteiger partial charge in [-0.15, -0.1) is 11.3 Å². The third-order valence-electron chi connectivity index (χ3n) is 3.70. The zero-order valence-corrected chi connectivity index (χ0v) is 10.8. The van der Waals surface area contributed by atoms with Crippen molar-refractivity contribution in [3.05, 3.63) is 34.2 Å². The van der Waals surface area contributed by atoms with Gasteiger partial charge in [-0.1, -0.05) is 0 Å². The van der Waals surface area contributed by atoms with Gasteiger partial charge in [-0.25, -0.2) is 4.98 Å². The van der Waals surface area contributed by atoms with Gasteiger partial charge >= 0.3 is 0 Å². The molecule has 0 atom stereocenters. The van der Waals surface area contributed by atoms with Gasteiger partial charge in [-0.05, 0) is 36.6 Å². The predicted molar refractivity (Wildman–Crippen MR) is 71.8 cm³/mol. The fraction of sp³-hybridized carbons (Fsp3) is 0.357. The normalized spacial score (nSPS) is 19.4. The molecule has 2 N–H and O–H groups in total. The first-order valence-electron chi connectivity index (χ1n) is 6.26. The highest BCUT2D eigenvalue weighted by atomic mass is 32.1. The van der Waals surface area contributed by atoms with Crippen molar-refractivity contribution in [2.45, 2.75) is 24.8 Å². The summed E-state index contributed by atoms with van der Waals surface area (Å²) >= 11 is 1.68. The average molecular weight is 258 g/mol. The van der Waals surface area contributed by atoms with E-state index in [4.69, 9.17) is 15.5 Å². The van der Waals surface area contributed by atoms with Crippen LogP contribution in [0.25, 0.3) is 11.3 Å². The summed E-state index contributed by atoms with van der Waals surface area (Å²) in [5.41, 5.74) is 9.56. The number of aromatic nitrogens is 1. The number of benzene rings is 1. The van der Waals surface area contributed by atoms with Crippen LogP contribution < -0.4 is 10.5 Å². The second kappa shape index (κ2) is 3.56.